The molecule has 0 N–H and O–H groups in total. The van der Waals surface area contributed by atoms with E-state index in [9.17, 15) is 0 Å². The molecule has 0 aliphatic carbocycles. The van der Waals surface area contributed by atoms with Gasteiger partial charge in [0.2, 0.25) is 0 Å². The minimum Gasteiger partial charge on any atom is -0.324 e. The molecule has 0 atom stereocenters. The third-order valence-electron chi connectivity index (χ3n) is 3.72. The molecule has 0 aliphatic heterocycles. The lowest BCUT2D eigenvalue weighted by atomic mass is 9.95. The maximum absolute atomic E-state index is 4.84. The molecular formula is C20H22N2. The molecule has 0 aliphatic rings. The predicted octanol–water partition coefficient (Wildman–Crippen LogP) is 5.05. The molecule has 2 nitrogen and oxygen atoms in total. The third kappa shape index (κ3) is 2.96. The number of hydrogen-bond acceptors (Lipinski definition) is 1. The van der Waals surface area contributed by atoms with Gasteiger partial charge in [0.05, 0.1) is 11.0 Å². The fraction of sp³-hybridized carbons (Fsp3) is 0.250. The van der Waals surface area contributed by atoms with Gasteiger partial charge in [-0.25, -0.2) is 4.98 Å². The first-order chi connectivity index (χ1) is 10.6. The van der Waals surface area contributed by atoms with Crippen LogP contribution in [-0.2, 0) is 12.0 Å². The van der Waals surface area contributed by atoms with E-state index in [1.165, 1.54) is 11.1 Å². The van der Waals surface area contributed by atoms with Crippen molar-refractivity contribution in [1.29, 1.82) is 0 Å². The smallest absolute Gasteiger partial charge is 0.115 e. The highest BCUT2D eigenvalue weighted by molar-refractivity contribution is 5.76. The van der Waals surface area contributed by atoms with Gasteiger partial charge in [0.15, 0.2) is 0 Å². The molecule has 2 aromatic carbocycles. The monoisotopic (exact) mass is 290 g/mol. The molecule has 0 saturated heterocycles. The summed E-state index contributed by atoms with van der Waals surface area (Å²) in [5.74, 6) is 1.13. The van der Waals surface area contributed by atoms with Gasteiger partial charge in [-0.3, -0.25) is 0 Å². The van der Waals surface area contributed by atoms with Crippen molar-refractivity contribution >= 4 is 17.1 Å². The van der Waals surface area contributed by atoms with Gasteiger partial charge in [0.1, 0.15) is 5.82 Å². The second-order valence-electron chi connectivity index (χ2n) is 6.60. The van der Waals surface area contributed by atoms with E-state index in [0.717, 1.165) is 17.9 Å². The quantitative estimate of drug-likeness (QED) is 0.660. The molecule has 1 heterocycles. The Morgan fingerprint density at radius 1 is 0.955 bits per heavy atom. The summed E-state index contributed by atoms with van der Waals surface area (Å²) < 4.78 is 2.31. The second-order valence-corrected chi connectivity index (χ2v) is 6.60. The molecule has 0 saturated carbocycles. The second kappa shape index (κ2) is 5.80. The molecule has 0 spiro atoms. The molecule has 0 unspecified atom stereocenters. The summed E-state index contributed by atoms with van der Waals surface area (Å²) in [6.45, 7) is 7.48. The van der Waals surface area contributed by atoms with Crippen LogP contribution in [0.5, 0.6) is 0 Å². The minimum atomic E-state index is 0.0274. The largest absolute Gasteiger partial charge is 0.324 e. The number of para-hydroxylation sites is 2. The Balaban J connectivity index is 1.97. The molecule has 0 amide bonds. The minimum absolute atomic E-state index is 0.0274. The number of fused-ring (bicyclic) bond motifs is 1. The zero-order valence-electron chi connectivity index (χ0n) is 13.5. The van der Waals surface area contributed by atoms with E-state index in [-0.39, 0.29) is 5.41 Å². The summed E-state index contributed by atoms with van der Waals surface area (Å²) in [6, 6.07) is 18.8. The summed E-state index contributed by atoms with van der Waals surface area (Å²) in [6.07, 6.45) is 4.37. The molecule has 3 rings (SSSR count). The van der Waals surface area contributed by atoms with E-state index < -0.39 is 0 Å². The molecule has 22 heavy (non-hydrogen) atoms. The van der Waals surface area contributed by atoms with Crippen LogP contribution < -0.4 is 0 Å². The van der Waals surface area contributed by atoms with Gasteiger partial charge in [0, 0.05) is 12.0 Å². The van der Waals surface area contributed by atoms with Gasteiger partial charge in [-0.05, 0) is 17.7 Å². The van der Waals surface area contributed by atoms with Gasteiger partial charge in [0.25, 0.3) is 0 Å². The molecule has 3 aromatic rings. The average Bonchev–Trinajstić information content (AvgIpc) is 2.88. The van der Waals surface area contributed by atoms with E-state index in [4.69, 9.17) is 4.98 Å². The molecule has 2 heteroatoms. The summed E-state index contributed by atoms with van der Waals surface area (Å²) in [5.41, 5.74) is 3.52. The van der Waals surface area contributed by atoms with Gasteiger partial charge in [-0.1, -0.05) is 75.4 Å². The van der Waals surface area contributed by atoms with Gasteiger partial charge >= 0.3 is 0 Å². The van der Waals surface area contributed by atoms with Crippen molar-refractivity contribution in [3.05, 3.63) is 72.1 Å². The van der Waals surface area contributed by atoms with Crippen LogP contribution in [0.3, 0.4) is 0 Å². The Morgan fingerprint density at radius 2 is 1.64 bits per heavy atom. The topological polar surface area (TPSA) is 17.8 Å². The first-order valence-electron chi connectivity index (χ1n) is 7.73. The van der Waals surface area contributed by atoms with Crippen molar-refractivity contribution in [2.24, 2.45) is 0 Å². The van der Waals surface area contributed by atoms with Crippen molar-refractivity contribution < 1.29 is 0 Å². The lowest BCUT2D eigenvalue weighted by Crippen LogP contribution is -2.18. The maximum atomic E-state index is 4.84. The van der Waals surface area contributed by atoms with Crippen LogP contribution in [0.2, 0.25) is 0 Å². The van der Waals surface area contributed by atoms with E-state index >= 15 is 0 Å². The number of aromatic nitrogens is 2. The molecule has 0 radical (unpaired) electrons. The third-order valence-corrected chi connectivity index (χ3v) is 3.72. The van der Waals surface area contributed by atoms with Crippen LogP contribution >= 0.6 is 0 Å². The average molecular weight is 290 g/mol. The molecule has 0 fully saturated rings. The maximum Gasteiger partial charge on any atom is 0.115 e. The zero-order chi connectivity index (χ0) is 15.6. The first-order valence-corrected chi connectivity index (χ1v) is 7.73. The van der Waals surface area contributed by atoms with E-state index in [0.29, 0.717) is 0 Å². The van der Waals surface area contributed by atoms with Crippen LogP contribution in [0.1, 0.15) is 32.2 Å². The highest BCUT2D eigenvalue weighted by Gasteiger charge is 2.22. The SMILES string of the molecule is CC(C)(C)c1nc2ccccc2n1C/C=C/c1ccccc1. The van der Waals surface area contributed by atoms with Crippen molar-refractivity contribution in [3.8, 4) is 0 Å². The highest BCUT2D eigenvalue weighted by atomic mass is 15.1. The summed E-state index contributed by atoms with van der Waals surface area (Å²) >= 11 is 0. The van der Waals surface area contributed by atoms with E-state index in [1.807, 2.05) is 12.1 Å². The number of rotatable bonds is 3. The number of nitrogens with zero attached hydrogens (tertiary/aromatic N) is 2. The summed E-state index contributed by atoms with van der Waals surface area (Å²) in [5, 5.41) is 0. The molecular weight excluding hydrogens is 268 g/mol. The molecule has 0 bridgehead atoms. The van der Waals surface area contributed by atoms with Crippen LogP contribution in [0, 0.1) is 0 Å². The van der Waals surface area contributed by atoms with Crippen LogP contribution in [-0.4, -0.2) is 9.55 Å². The Morgan fingerprint density at radius 3 is 2.36 bits per heavy atom. The predicted molar refractivity (Wildman–Crippen MR) is 93.9 cm³/mol. The van der Waals surface area contributed by atoms with Crippen molar-refractivity contribution in [1.82, 2.24) is 9.55 Å². The van der Waals surface area contributed by atoms with Gasteiger partial charge in [-0.2, -0.15) is 0 Å². The van der Waals surface area contributed by atoms with E-state index in [2.05, 4.69) is 80.0 Å². The van der Waals surface area contributed by atoms with Crippen LogP contribution in [0.25, 0.3) is 17.1 Å². The Bertz CT molecular complexity index is 789. The first kappa shape index (κ1) is 14.6. The fourth-order valence-electron chi connectivity index (χ4n) is 2.69. The lowest BCUT2D eigenvalue weighted by molar-refractivity contribution is 0.518. The number of hydrogen-bond donors (Lipinski definition) is 0. The standard InChI is InChI=1S/C20H22N2/c1-20(2,3)19-21-17-13-7-8-14-18(17)22(19)15-9-12-16-10-5-4-6-11-16/h4-14H,15H2,1-3H3/b12-9+. The number of benzene rings is 2. The summed E-state index contributed by atoms with van der Waals surface area (Å²) in [4.78, 5) is 4.84. The van der Waals surface area contributed by atoms with Crippen molar-refractivity contribution in [2.45, 2.75) is 32.7 Å². The Kier molecular flexibility index (Phi) is 3.84. The number of allylic oxidation sites excluding steroid dienone is 1. The van der Waals surface area contributed by atoms with Gasteiger partial charge < -0.3 is 4.57 Å². The van der Waals surface area contributed by atoms with E-state index in [1.54, 1.807) is 0 Å². The number of imidazole rings is 1. The lowest BCUT2D eigenvalue weighted by Gasteiger charge is -2.19. The fourth-order valence-corrected chi connectivity index (χ4v) is 2.69. The van der Waals surface area contributed by atoms with Crippen molar-refractivity contribution in [3.63, 3.8) is 0 Å². The van der Waals surface area contributed by atoms with Crippen molar-refractivity contribution in [2.75, 3.05) is 0 Å². The van der Waals surface area contributed by atoms with Crippen LogP contribution in [0.4, 0.5) is 0 Å². The Hall–Kier alpha value is -2.35. The summed E-state index contributed by atoms with van der Waals surface area (Å²) in [7, 11) is 0. The van der Waals surface area contributed by atoms with Crippen LogP contribution in [0.15, 0.2) is 60.7 Å². The molecule has 1 aromatic heterocycles. The van der Waals surface area contributed by atoms with Gasteiger partial charge in [-0.15, -0.1) is 0 Å². The normalized spacial score (nSPS) is 12.3. The molecule has 112 valence electrons. The Labute approximate surface area is 132 Å². The highest BCUT2D eigenvalue weighted by Crippen LogP contribution is 2.26. The zero-order valence-corrected chi connectivity index (χ0v) is 13.5.